The number of halogens is 4. The van der Waals surface area contributed by atoms with Crippen molar-refractivity contribution in [2.24, 2.45) is 5.73 Å². The molecule has 0 aromatic heterocycles. The Morgan fingerprint density at radius 2 is 1.74 bits per heavy atom. The van der Waals surface area contributed by atoms with E-state index >= 15 is 0 Å². The fourth-order valence-electron chi connectivity index (χ4n) is 1.85. The maximum atomic E-state index is 6.20. The fourth-order valence-corrected chi connectivity index (χ4v) is 3.05. The van der Waals surface area contributed by atoms with E-state index in [0.717, 1.165) is 15.6 Å². The SMILES string of the molecule is NC(Cc1cc(Cl)ccc1Cl)c1ccc(Br)cc1Cl. The highest BCUT2D eigenvalue weighted by molar-refractivity contribution is 9.10. The lowest BCUT2D eigenvalue weighted by atomic mass is 9.99. The van der Waals surface area contributed by atoms with Crippen molar-refractivity contribution >= 4 is 50.7 Å². The van der Waals surface area contributed by atoms with Crippen LogP contribution in [0.4, 0.5) is 0 Å². The zero-order valence-corrected chi connectivity index (χ0v) is 13.7. The van der Waals surface area contributed by atoms with Crippen molar-refractivity contribution < 1.29 is 0 Å². The van der Waals surface area contributed by atoms with Gasteiger partial charge in [0.05, 0.1) is 0 Å². The summed E-state index contributed by atoms with van der Waals surface area (Å²) in [5.41, 5.74) is 8.00. The lowest BCUT2D eigenvalue weighted by Gasteiger charge is -2.15. The van der Waals surface area contributed by atoms with Gasteiger partial charge in [0.25, 0.3) is 0 Å². The average molecular weight is 380 g/mol. The van der Waals surface area contributed by atoms with E-state index in [1.807, 2.05) is 24.3 Å². The van der Waals surface area contributed by atoms with Crippen LogP contribution in [-0.2, 0) is 6.42 Å². The maximum absolute atomic E-state index is 6.20. The van der Waals surface area contributed by atoms with Gasteiger partial charge in [-0.2, -0.15) is 0 Å². The van der Waals surface area contributed by atoms with Crippen LogP contribution >= 0.6 is 50.7 Å². The monoisotopic (exact) mass is 377 g/mol. The Kier molecular flexibility index (Phi) is 5.15. The number of benzene rings is 2. The minimum atomic E-state index is -0.225. The Morgan fingerprint density at radius 3 is 2.42 bits per heavy atom. The predicted molar refractivity (Wildman–Crippen MR) is 86.2 cm³/mol. The highest BCUT2D eigenvalue weighted by Gasteiger charge is 2.13. The third-order valence-corrected chi connectivity index (χ3v) is 4.23. The standard InChI is InChI=1S/C14H11BrCl3N/c15-9-1-3-11(13(18)7-9)14(19)6-8-5-10(16)2-4-12(8)17/h1-5,7,14H,6,19H2. The van der Waals surface area contributed by atoms with Crippen LogP contribution < -0.4 is 5.73 Å². The first-order valence-corrected chi connectivity index (χ1v) is 7.54. The molecule has 1 atom stereocenters. The molecule has 0 saturated carbocycles. The Balaban J connectivity index is 2.25. The highest BCUT2D eigenvalue weighted by Crippen LogP contribution is 2.29. The molecule has 100 valence electrons. The van der Waals surface area contributed by atoms with Crippen molar-refractivity contribution in [2.75, 3.05) is 0 Å². The molecule has 5 heteroatoms. The molecule has 0 radical (unpaired) electrons. The van der Waals surface area contributed by atoms with Gasteiger partial charge in [-0.25, -0.2) is 0 Å². The van der Waals surface area contributed by atoms with Crippen molar-refractivity contribution in [3.05, 3.63) is 67.1 Å². The summed E-state index contributed by atoms with van der Waals surface area (Å²) in [5, 5.41) is 1.95. The van der Waals surface area contributed by atoms with E-state index in [-0.39, 0.29) is 6.04 Å². The zero-order valence-electron chi connectivity index (χ0n) is 9.84. The molecule has 1 nitrogen and oxygen atoms in total. The Hall–Kier alpha value is -0.250. The first-order chi connectivity index (χ1) is 8.97. The van der Waals surface area contributed by atoms with Gasteiger partial charge in [0.2, 0.25) is 0 Å². The van der Waals surface area contributed by atoms with E-state index < -0.39 is 0 Å². The van der Waals surface area contributed by atoms with Gasteiger partial charge in [-0.1, -0.05) is 56.8 Å². The average Bonchev–Trinajstić information content (AvgIpc) is 2.33. The van der Waals surface area contributed by atoms with E-state index in [1.165, 1.54) is 0 Å². The van der Waals surface area contributed by atoms with Gasteiger partial charge in [0.15, 0.2) is 0 Å². The van der Waals surface area contributed by atoms with Gasteiger partial charge in [-0.15, -0.1) is 0 Å². The van der Waals surface area contributed by atoms with E-state index in [9.17, 15) is 0 Å². The molecule has 0 aliphatic carbocycles. The predicted octanol–water partition coefficient (Wildman–Crippen LogP) is 5.65. The molecule has 2 rings (SSSR count). The minimum Gasteiger partial charge on any atom is -0.324 e. The molecule has 0 heterocycles. The number of hydrogen-bond donors (Lipinski definition) is 1. The molecular formula is C14H11BrCl3N. The van der Waals surface area contributed by atoms with Gasteiger partial charge in [-0.3, -0.25) is 0 Å². The second-order valence-corrected chi connectivity index (χ2v) is 6.38. The second kappa shape index (κ2) is 6.47. The highest BCUT2D eigenvalue weighted by atomic mass is 79.9. The van der Waals surface area contributed by atoms with Crippen molar-refractivity contribution in [3.63, 3.8) is 0 Å². The maximum Gasteiger partial charge on any atom is 0.0465 e. The summed E-state index contributed by atoms with van der Waals surface area (Å²) in [6, 6.07) is 10.8. The van der Waals surface area contributed by atoms with Crippen LogP contribution in [0.15, 0.2) is 40.9 Å². The van der Waals surface area contributed by atoms with Crippen molar-refractivity contribution in [2.45, 2.75) is 12.5 Å². The summed E-state index contributed by atoms with van der Waals surface area (Å²) in [6.07, 6.45) is 0.584. The zero-order chi connectivity index (χ0) is 14.0. The Labute approximate surface area is 135 Å². The van der Waals surface area contributed by atoms with Gasteiger partial charge >= 0.3 is 0 Å². The summed E-state index contributed by atoms with van der Waals surface area (Å²) < 4.78 is 0.925. The van der Waals surface area contributed by atoms with Crippen molar-refractivity contribution in [3.8, 4) is 0 Å². The Morgan fingerprint density at radius 1 is 1.00 bits per heavy atom. The van der Waals surface area contributed by atoms with Crippen LogP contribution in [0.25, 0.3) is 0 Å². The second-order valence-electron chi connectivity index (χ2n) is 4.21. The number of rotatable bonds is 3. The first kappa shape index (κ1) is 15.1. The van der Waals surface area contributed by atoms with Crippen LogP contribution in [0.1, 0.15) is 17.2 Å². The molecule has 1 unspecified atom stereocenters. The quantitative estimate of drug-likeness (QED) is 0.732. The lowest BCUT2D eigenvalue weighted by Crippen LogP contribution is -2.14. The molecule has 0 fully saturated rings. The van der Waals surface area contributed by atoms with Gasteiger partial charge in [0.1, 0.15) is 0 Å². The van der Waals surface area contributed by atoms with Gasteiger partial charge < -0.3 is 5.73 Å². The molecule has 0 aliphatic rings. The molecule has 2 aromatic rings. The third kappa shape index (κ3) is 3.87. The topological polar surface area (TPSA) is 26.0 Å². The third-order valence-electron chi connectivity index (χ3n) is 2.81. The largest absolute Gasteiger partial charge is 0.324 e. The van der Waals surface area contributed by atoms with Crippen molar-refractivity contribution in [1.82, 2.24) is 0 Å². The number of hydrogen-bond acceptors (Lipinski definition) is 1. The molecule has 0 saturated heterocycles. The molecule has 2 N–H and O–H groups in total. The van der Waals surface area contributed by atoms with Crippen LogP contribution in [0.5, 0.6) is 0 Å². The van der Waals surface area contributed by atoms with Gasteiger partial charge in [-0.05, 0) is 47.9 Å². The van der Waals surface area contributed by atoms with E-state index in [2.05, 4.69) is 15.9 Å². The molecule has 0 spiro atoms. The van der Waals surface area contributed by atoms with Gasteiger partial charge in [0, 0.05) is 25.6 Å². The summed E-state index contributed by atoms with van der Waals surface area (Å²) in [5.74, 6) is 0. The first-order valence-electron chi connectivity index (χ1n) is 5.62. The molecule has 19 heavy (non-hydrogen) atoms. The van der Waals surface area contributed by atoms with Crippen LogP contribution in [0.3, 0.4) is 0 Å². The van der Waals surface area contributed by atoms with E-state index in [0.29, 0.717) is 21.5 Å². The molecule has 0 aliphatic heterocycles. The summed E-state index contributed by atoms with van der Waals surface area (Å²) in [4.78, 5) is 0. The van der Waals surface area contributed by atoms with Crippen LogP contribution in [0, 0.1) is 0 Å². The molecule has 0 amide bonds. The molecule has 0 bridgehead atoms. The van der Waals surface area contributed by atoms with E-state index in [4.69, 9.17) is 40.5 Å². The smallest absolute Gasteiger partial charge is 0.0465 e. The minimum absolute atomic E-state index is 0.225. The normalized spacial score (nSPS) is 12.5. The van der Waals surface area contributed by atoms with Crippen LogP contribution in [-0.4, -0.2) is 0 Å². The summed E-state index contributed by atoms with van der Waals surface area (Å²) >= 11 is 21.7. The lowest BCUT2D eigenvalue weighted by molar-refractivity contribution is 0.722. The van der Waals surface area contributed by atoms with Crippen LogP contribution in [0.2, 0.25) is 15.1 Å². The molecule has 2 aromatic carbocycles. The summed E-state index contributed by atoms with van der Waals surface area (Å²) in [6.45, 7) is 0. The van der Waals surface area contributed by atoms with Crippen molar-refractivity contribution in [1.29, 1.82) is 0 Å². The number of nitrogens with two attached hydrogens (primary N) is 1. The summed E-state index contributed by atoms with van der Waals surface area (Å²) in [7, 11) is 0. The molecular weight excluding hydrogens is 368 g/mol. The van der Waals surface area contributed by atoms with E-state index in [1.54, 1.807) is 12.1 Å². The Bertz CT molecular complexity index is 601. The fraction of sp³-hybridized carbons (Fsp3) is 0.143.